The Morgan fingerprint density at radius 3 is 2.54 bits per heavy atom. The van der Waals surface area contributed by atoms with E-state index in [0.29, 0.717) is 12.4 Å². The number of carbonyl (C=O) groups is 2. The number of anilines is 1. The van der Waals surface area contributed by atoms with Crippen LogP contribution in [0.2, 0.25) is 0 Å². The highest BCUT2D eigenvalue weighted by Gasteiger charge is 2.10. The summed E-state index contributed by atoms with van der Waals surface area (Å²) in [5, 5.41) is 6.65. The van der Waals surface area contributed by atoms with E-state index < -0.39 is 5.91 Å². The molecule has 0 aliphatic carbocycles. The molecule has 2 aromatic rings. The van der Waals surface area contributed by atoms with Gasteiger partial charge in [0.1, 0.15) is 12.2 Å². The van der Waals surface area contributed by atoms with E-state index in [2.05, 4.69) is 15.8 Å². The average Bonchev–Trinajstić information content (AvgIpc) is 2.63. The SMILES string of the molecule is CCOc1ccccc1C=NNC(=O)CC(=O)Nc1ccccc1CC. The van der Waals surface area contributed by atoms with Crippen LogP contribution in [0.1, 0.15) is 31.4 Å². The van der Waals surface area contributed by atoms with Gasteiger partial charge in [-0.2, -0.15) is 5.10 Å². The smallest absolute Gasteiger partial charge is 0.249 e. The number of aryl methyl sites for hydroxylation is 1. The van der Waals surface area contributed by atoms with Gasteiger partial charge in [-0.25, -0.2) is 5.43 Å². The molecule has 26 heavy (non-hydrogen) atoms. The minimum atomic E-state index is -0.485. The second-order valence-corrected chi connectivity index (χ2v) is 5.50. The fourth-order valence-corrected chi connectivity index (χ4v) is 2.38. The quantitative estimate of drug-likeness (QED) is 0.435. The topological polar surface area (TPSA) is 79.8 Å². The molecular weight excluding hydrogens is 330 g/mol. The molecule has 2 aromatic carbocycles. The first-order valence-electron chi connectivity index (χ1n) is 8.55. The first kappa shape index (κ1) is 19.2. The zero-order valence-corrected chi connectivity index (χ0v) is 15.0. The van der Waals surface area contributed by atoms with Crippen molar-refractivity contribution in [3.63, 3.8) is 0 Å². The lowest BCUT2D eigenvalue weighted by molar-refractivity contribution is -0.126. The molecular formula is C20H23N3O3. The van der Waals surface area contributed by atoms with Gasteiger partial charge in [-0.05, 0) is 37.1 Å². The van der Waals surface area contributed by atoms with E-state index >= 15 is 0 Å². The lowest BCUT2D eigenvalue weighted by atomic mass is 10.1. The molecule has 0 radical (unpaired) electrons. The largest absolute Gasteiger partial charge is 0.493 e. The van der Waals surface area contributed by atoms with E-state index in [9.17, 15) is 9.59 Å². The van der Waals surface area contributed by atoms with Crippen molar-refractivity contribution in [2.24, 2.45) is 5.10 Å². The van der Waals surface area contributed by atoms with Crippen LogP contribution >= 0.6 is 0 Å². The first-order valence-corrected chi connectivity index (χ1v) is 8.55. The molecule has 136 valence electrons. The molecule has 0 fully saturated rings. The van der Waals surface area contributed by atoms with Gasteiger partial charge in [0.15, 0.2) is 0 Å². The summed E-state index contributed by atoms with van der Waals surface area (Å²) in [5.74, 6) is -0.183. The minimum Gasteiger partial charge on any atom is -0.493 e. The second kappa shape index (κ2) is 9.98. The Labute approximate surface area is 153 Å². The van der Waals surface area contributed by atoms with Crippen LogP contribution in [-0.4, -0.2) is 24.6 Å². The summed E-state index contributed by atoms with van der Waals surface area (Å²) in [7, 11) is 0. The van der Waals surface area contributed by atoms with Crippen molar-refractivity contribution in [1.29, 1.82) is 0 Å². The van der Waals surface area contributed by atoms with Gasteiger partial charge in [0.25, 0.3) is 0 Å². The highest BCUT2D eigenvalue weighted by atomic mass is 16.5. The van der Waals surface area contributed by atoms with Crippen molar-refractivity contribution in [1.82, 2.24) is 5.43 Å². The molecule has 0 aromatic heterocycles. The number of rotatable bonds is 8. The van der Waals surface area contributed by atoms with Crippen molar-refractivity contribution in [3.05, 3.63) is 59.7 Å². The lowest BCUT2D eigenvalue weighted by Crippen LogP contribution is -2.25. The number of para-hydroxylation sites is 2. The zero-order chi connectivity index (χ0) is 18.8. The van der Waals surface area contributed by atoms with Crippen LogP contribution in [0, 0.1) is 0 Å². The Morgan fingerprint density at radius 1 is 1.04 bits per heavy atom. The number of hydrogen-bond donors (Lipinski definition) is 2. The van der Waals surface area contributed by atoms with E-state index in [1.54, 1.807) is 0 Å². The molecule has 0 aliphatic rings. The fourth-order valence-electron chi connectivity index (χ4n) is 2.38. The van der Waals surface area contributed by atoms with Crippen LogP contribution < -0.4 is 15.5 Å². The normalized spacial score (nSPS) is 10.5. The van der Waals surface area contributed by atoms with E-state index in [1.807, 2.05) is 62.4 Å². The fraction of sp³-hybridized carbons (Fsp3) is 0.250. The number of benzene rings is 2. The van der Waals surface area contributed by atoms with Gasteiger partial charge in [-0.1, -0.05) is 37.3 Å². The summed E-state index contributed by atoms with van der Waals surface area (Å²) in [5.41, 5.74) is 4.85. The monoisotopic (exact) mass is 353 g/mol. The van der Waals surface area contributed by atoms with Crippen molar-refractivity contribution >= 4 is 23.7 Å². The standard InChI is InChI=1S/C20H23N3O3/c1-3-15-9-5-7-11-17(15)22-19(24)13-20(25)23-21-14-16-10-6-8-12-18(16)26-4-2/h5-12,14H,3-4,13H2,1-2H3,(H,22,24)(H,23,25). The Balaban J connectivity index is 1.88. The third kappa shape index (κ3) is 5.73. The maximum atomic E-state index is 12.0. The summed E-state index contributed by atoms with van der Waals surface area (Å²) in [6.07, 6.45) is 1.99. The van der Waals surface area contributed by atoms with Gasteiger partial charge in [0, 0.05) is 11.3 Å². The molecule has 0 spiro atoms. The maximum absolute atomic E-state index is 12.0. The van der Waals surface area contributed by atoms with Gasteiger partial charge in [0.05, 0.1) is 12.8 Å². The number of hydrogen-bond acceptors (Lipinski definition) is 4. The molecule has 0 unspecified atom stereocenters. The van der Waals surface area contributed by atoms with Gasteiger partial charge in [0.2, 0.25) is 11.8 Å². The molecule has 2 N–H and O–H groups in total. The summed E-state index contributed by atoms with van der Waals surface area (Å²) < 4.78 is 5.48. The molecule has 0 heterocycles. The van der Waals surface area contributed by atoms with E-state index in [1.165, 1.54) is 6.21 Å². The molecule has 0 saturated carbocycles. The number of hydrazone groups is 1. The van der Waals surface area contributed by atoms with Crippen LogP contribution in [0.5, 0.6) is 5.75 Å². The van der Waals surface area contributed by atoms with Crippen molar-refractivity contribution in [2.75, 3.05) is 11.9 Å². The molecule has 6 heteroatoms. The summed E-state index contributed by atoms with van der Waals surface area (Å²) in [4.78, 5) is 23.9. The molecule has 2 rings (SSSR count). The predicted octanol–water partition coefficient (Wildman–Crippen LogP) is 3.13. The Hall–Kier alpha value is -3.15. The number of ether oxygens (including phenoxy) is 1. The van der Waals surface area contributed by atoms with Crippen LogP contribution in [0.4, 0.5) is 5.69 Å². The summed E-state index contributed by atoms with van der Waals surface area (Å²) >= 11 is 0. The minimum absolute atomic E-state index is 0.303. The zero-order valence-electron chi connectivity index (χ0n) is 15.0. The van der Waals surface area contributed by atoms with E-state index in [-0.39, 0.29) is 12.3 Å². The van der Waals surface area contributed by atoms with Crippen LogP contribution in [-0.2, 0) is 16.0 Å². The Morgan fingerprint density at radius 2 is 1.77 bits per heavy atom. The van der Waals surface area contributed by atoms with Gasteiger partial charge in [-0.15, -0.1) is 0 Å². The molecule has 0 saturated heterocycles. The highest BCUT2D eigenvalue weighted by molar-refractivity contribution is 6.04. The number of nitrogens with zero attached hydrogens (tertiary/aromatic N) is 1. The average molecular weight is 353 g/mol. The van der Waals surface area contributed by atoms with Crippen molar-refractivity contribution in [2.45, 2.75) is 26.7 Å². The van der Waals surface area contributed by atoms with E-state index in [4.69, 9.17) is 4.74 Å². The number of amides is 2. The Kier molecular flexibility index (Phi) is 7.36. The van der Waals surface area contributed by atoms with Gasteiger partial charge < -0.3 is 10.1 Å². The predicted molar refractivity (Wildman–Crippen MR) is 102 cm³/mol. The van der Waals surface area contributed by atoms with Gasteiger partial charge in [-0.3, -0.25) is 9.59 Å². The molecule has 0 aliphatic heterocycles. The van der Waals surface area contributed by atoms with Gasteiger partial charge >= 0.3 is 0 Å². The third-order valence-corrected chi connectivity index (χ3v) is 3.61. The highest BCUT2D eigenvalue weighted by Crippen LogP contribution is 2.16. The van der Waals surface area contributed by atoms with Crippen molar-refractivity contribution in [3.8, 4) is 5.75 Å². The second-order valence-electron chi connectivity index (χ2n) is 5.50. The molecule has 6 nitrogen and oxygen atoms in total. The van der Waals surface area contributed by atoms with Crippen molar-refractivity contribution < 1.29 is 14.3 Å². The molecule has 0 atom stereocenters. The maximum Gasteiger partial charge on any atom is 0.249 e. The summed E-state index contributed by atoms with van der Waals surface area (Å²) in [6, 6.07) is 14.9. The lowest BCUT2D eigenvalue weighted by Gasteiger charge is -2.09. The van der Waals surface area contributed by atoms with E-state index in [0.717, 1.165) is 23.2 Å². The van der Waals surface area contributed by atoms with Crippen LogP contribution in [0.3, 0.4) is 0 Å². The van der Waals surface area contributed by atoms with Crippen LogP contribution in [0.25, 0.3) is 0 Å². The Bertz CT molecular complexity index is 787. The number of nitrogens with one attached hydrogen (secondary N) is 2. The molecule has 0 bridgehead atoms. The number of carbonyl (C=O) groups excluding carboxylic acids is 2. The van der Waals surface area contributed by atoms with Crippen LogP contribution in [0.15, 0.2) is 53.6 Å². The third-order valence-electron chi connectivity index (χ3n) is 3.61. The molecule has 2 amide bonds. The first-order chi connectivity index (χ1) is 12.6. The summed E-state index contributed by atoms with van der Waals surface area (Å²) in [6.45, 7) is 4.44.